The minimum atomic E-state index is -0.0429. The Labute approximate surface area is 158 Å². The summed E-state index contributed by atoms with van der Waals surface area (Å²) in [6.07, 6.45) is 6.65. The molecule has 5 nitrogen and oxygen atoms in total. The lowest BCUT2D eigenvalue weighted by atomic mass is 9.76. The van der Waals surface area contributed by atoms with E-state index in [1.54, 1.807) is 12.1 Å². The summed E-state index contributed by atoms with van der Waals surface area (Å²) in [6.45, 7) is 1.99. The van der Waals surface area contributed by atoms with Gasteiger partial charge in [0.25, 0.3) is 0 Å². The SMILES string of the molecule is CCCC(=O)Nc1ccc2c(c1)C1C=CCC1C(c1ccc(O)cc1O)N2. The Kier molecular flexibility index (Phi) is 4.52. The number of anilines is 2. The van der Waals surface area contributed by atoms with Gasteiger partial charge in [-0.1, -0.05) is 19.1 Å². The second kappa shape index (κ2) is 6.99. The number of carbonyl (C=O) groups is 1. The summed E-state index contributed by atoms with van der Waals surface area (Å²) >= 11 is 0. The topological polar surface area (TPSA) is 81.6 Å². The lowest BCUT2D eigenvalue weighted by molar-refractivity contribution is -0.116. The van der Waals surface area contributed by atoms with E-state index in [2.05, 4.69) is 28.9 Å². The van der Waals surface area contributed by atoms with Crippen LogP contribution in [0.3, 0.4) is 0 Å². The molecule has 4 N–H and O–H groups in total. The molecule has 1 aliphatic heterocycles. The molecule has 1 amide bonds. The number of hydrogen-bond acceptors (Lipinski definition) is 4. The Bertz CT molecular complexity index is 906. The van der Waals surface area contributed by atoms with Crippen LogP contribution >= 0.6 is 0 Å². The van der Waals surface area contributed by atoms with Gasteiger partial charge in [0.05, 0.1) is 6.04 Å². The van der Waals surface area contributed by atoms with Crippen LogP contribution in [0.15, 0.2) is 48.6 Å². The summed E-state index contributed by atoms with van der Waals surface area (Å²) in [5.74, 6) is 0.690. The van der Waals surface area contributed by atoms with Gasteiger partial charge in [-0.2, -0.15) is 0 Å². The average Bonchev–Trinajstić information content (AvgIpc) is 3.12. The van der Waals surface area contributed by atoms with Gasteiger partial charge in [0.15, 0.2) is 0 Å². The number of hydrogen-bond donors (Lipinski definition) is 4. The van der Waals surface area contributed by atoms with Crippen molar-refractivity contribution in [2.24, 2.45) is 5.92 Å². The molecule has 0 bridgehead atoms. The highest BCUT2D eigenvalue weighted by Crippen LogP contribution is 2.51. The van der Waals surface area contributed by atoms with Crippen LogP contribution in [0.1, 0.15) is 49.3 Å². The van der Waals surface area contributed by atoms with Gasteiger partial charge in [-0.25, -0.2) is 0 Å². The van der Waals surface area contributed by atoms with Gasteiger partial charge >= 0.3 is 0 Å². The van der Waals surface area contributed by atoms with E-state index in [-0.39, 0.29) is 35.3 Å². The van der Waals surface area contributed by atoms with E-state index in [1.807, 2.05) is 19.1 Å². The zero-order valence-electron chi connectivity index (χ0n) is 15.3. The summed E-state index contributed by atoms with van der Waals surface area (Å²) in [5.41, 5.74) is 3.78. The lowest BCUT2D eigenvalue weighted by Gasteiger charge is -2.38. The monoisotopic (exact) mass is 364 g/mol. The molecule has 27 heavy (non-hydrogen) atoms. The Morgan fingerprint density at radius 2 is 2.04 bits per heavy atom. The normalized spacial score (nSPS) is 22.6. The van der Waals surface area contributed by atoms with E-state index in [9.17, 15) is 15.0 Å². The molecule has 3 unspecified atom stereocenters. The minimum Gasteiger partial charge on any atom is -0.508 e. The highest BCUT2D eigenvalue weighted by molar-refractivity contribution is 5.91. The smallest absolute Gasteiger partial charge is 0.224 e. The van der Waals surface area contributed by atoms with Crippen LogP contribution in [0.4, 0.5) is 11.4 Å². The van der Waals surface area contributed by atoms with Crippen molar-refractivity contribution < 1.29 is 15.0 Å². The standard InChI is InChI=1S/C22H24N2O3/c1-2-4-21(27)23-13-7-10-19-18(11-13)15-5-3-6-16(15)22(24-19)17-9-8-14(25)12-20(17)26/h3,5,7-12,15-16,22,24-26H,2,4,6H2,1H3,(H,23,27). The second-order valence-corrected chi connectivity index (χ2v) is 7.32. The zero-order valence-corrected chi connectivity index (χ0v) is 15.3. The Morgan fingerprint density at radius 1 is 1.19 bits per heavy atom. The van der Waals surface area contributed by atoms with Crippen molar-refractivity contribution in [2.45, 2.75) is 38.1 Å². The Balaban J connectivity index is 1.67. The van der Waals surface area contributed by atoms with Crippen LogP contribution in [-0.2, 0) is 4.79 Å². The maximum Gasteiger partial charge on any atom is 0.224 e. The third kappa shape index (κ3) is 3.25. The number of fused-ring (bicyclic) bond motifs is 3. The van der Waals surface area contributed by atoms with E-state index < -0.39 is 0 Å². The van der Waals surface area contributed by atoms with E-state index in [0.29, 0.717) is 6.42 Å². The molecule has 0 radical (unpaired) electrons. The summed E-state index contributed by atoms with van der Waals surface area (Å²) in [4.78, 5) is 11.9. The van der Waals surface area contributed by atoms with Crippen molar-refractivity contribution in [3.63, 3.8) is 0 Å². The molecule has 1 aliphatic carbocycles. The van der Waals surface area contributed by atoms with Crippen LogP contribution < -0.4 is 10.6 Å². The van der Waals surface area contributed by atoms with E-state index in [0.717, 1.165) is 35.3 Å². The number of phenolic OH excluding ortho intramolecular Hbond substituents is 2. The molecule has 1 heterocycles. The molecule has 2 aromatic rings. The number of carbonyl (C=O) groups excluding carboxylic acids is 1. The van der Waals surface area contributed by atoms with Gasteiger partial charge in [0.2, 0.25) is 5.91 Å². The Hall–Kier alpha value is -2.95. The fourth-order valence-electron chi connectivity index (χ4n) is 4.23. The fourth-order valence-corrected chi connectivity index (χ4v) is 4.23. The first-order chi connectivity index (χ1) is 13.1. The van der Waals surface area contributed by atoms with Crippen molar-refractivity contribution in [2.75, 3.05) is 10.6 Å². The maximum atomic E-state index is 11.9. The molecule has 2 aromatic carbocycles. The highest BCUT2D eigenvalue weighted by atomic mass is 16.3. The van der Waals surface area contributed by atoms with Crippen molar-refractivity contribution >= 4 is 17.3 Å². The van der Waals surface area contributed by atoms with Gasteiger partial charge in [-0.3, -0.25) is 4.79 Å². The van der Waals surface area contributed by atoms with Crippen molar-refractivity contribution in [3.8, 4) is 11.5 Å². The molecule has 0 saturated carbocycles. The van der Waals surface area contributed by atoms with Crippen LogP contribution in [0.2, 0.25) is 0 Å². The first kappa shape index (κ1) is 17.5. The van der Waals surface area contributed by atoms with Crippen molar-refractivity contribution in [1.82, 2.24) is 0 Å². The number of benzene rings is 2. The molecule has 0 saturated heterocycles. The number of rotatable bonds is 4. The highest BCUT2D eigenvalue weighted by Gasteiger charge is 2.39. The van der Waals surface area contributed by atoms with Gasteiger partial charge in [-0.05, 0) is 54.7 Å². The number of nitrogens with one attached hydrogen (secondary N) is 2. The minimum absolute atomic E-state index is 0.0339. The first-order valence-corrected chi connectivity index (χ1v) is 9.45. The molecular weight excluding hydrogens is 340 g/mol. The first-order valence-electron chi connectivity index (χ1n) is 9.45. The molecule has 0 spiro atoms. The molecule has 5 heteroatoms. The molecule has 0 aromatic heterocycles. The average molecular weight is 364 g/mol. The molecule has 0 fully saturated rings. The quantitative estimate of drug-likeness (QED) is 0.595. The summed E-state index contributed by atoms with van der Waals surface area (Å²) in [5, 5.41) is 26.5. The van der Waals surface area contributed by atoms with E-state index >= 15 is 0 Å². The number of aromatic hydroxyl groups is 2. The number of phenols is 2. The predicted molar refractivity (Wildman–Crippen MR) is 106 cm³/mol. The zero-order chi connectivity index (χ0) is 19.0. The van der Waals surface area contributed by atoms with Crippen LogP contribution in [-0.4, -0.2) is 16.1 Å². The fraction of sp³-hybridized carbons (Fsp3) is 0.318. The maximum absolute atomic E-state index is 11.9. The second-order valence-electron chi connectivity index (χ2n) is 7.32. The number of allylic oxidation sites excluding steroid dienone is 2. The van der Waals surface area contributed by atoms with Crippen molar-refractivity contribution in [3.05, 3.63) is 59.7 Å². The Morgan fingerprint density at radius 3 is 2.81 bits per heavy atom. The molecular formula is C22H24N2O3. The molecule has 140 valence electrons. The van der Waals surface area contributed by atoms with Crippen LogP contribution in [0.5, 0.6) is 11.5 Å². The third-order valence-corrected chi connectivity index (χ3v) is 5.47. The molecule has 2 aliphatic rings. The van der Waals surface area contributed by atoms with Crippen LogP contribution in [0, 0.1) is 5.92 Å². The van der Waals surface area contributed by atoms with Crippen LogP contribution in [0.25, 0.3) is 0 Å². The van der Waals surface area contributed by atoms with Gasteiger partial charge < -0.3 is 20.8 Å². The van der Waals surface area contributed by atoms with Crippen molar-refractivity contribution in [1.29, 1.82) is 0 Å². The summed E-state index contributed by atoms with van der Waals surface area (Å²) < 4.78 is 0. The van der Waals surface area contributed by atoms with E-state index in [1.165, 1.54) is 6.07 Å². The molecule has 4 rings (SSSR count). The predicted octanol–water partition coefficient (Wildman–Crippen LogP) is 4.66. The summed E-state index contributed by atoms with van der Waals surface area (Å²) in [7, 11) is 0. The molecule has 3 atom stereocenters. The van der Waals surface area contributed by atoms with Gasteiger partial charge in [0, 0.05) is 35.3 Å². The summed E-state index contributed by atoms with van der Waals surface area (Å²) in [6, 6.07) is 10.7. The third-order valence-electron chi connectivity index (χ3n) is 5.47. The van der Waals surface area contributed by atoms with E-state index in [4.69, 9.17) is 0 Å². The lowest BCUT2D eigenvalue weighted by Crippen LogP contribution is -2.29. The largest absolute Gasteiger partial charge is 0.508 e. The van der Waals surface area contributed by atoms with Gasteiger partial charge in [-0.15, -0.1) is 0 Å². The van der Waals surface area contributed by atoms with Gasteiger partial charge in [0.1, 0.15) is 11.5 Å². The number of amides is 1.